The van der Waals surface area contributed by atoms with E-state index in [1.807, 2.05) is 0 Å². The van der Waals surface area contributed by atoms with Gasteiger partial charge >= 0.3 is 6.09 Å². The smallest absolute Gasteiger partial charge is 0.413 e. The summed E-state index contributed by atoms with van der Waals surface area (Å²) in [6, 6.07) is 6.35. The van der Waals surface area contributed by atoms with E-state index in [1.165, 1.54) is 24.5 Å². The van der Waals surface area contributed by atoms with E-state index in [2.05, 4.69) is 36.7 Å². The van der Waals surface area contributed by atoms with E-state index in [4.69, 9.17) is 15.2 Å². The number of aliphatic imine (C=N–C) groups is 1. The molecule has 1 saturated heterocycles. The quantitative estimate of drug-likeness (QED) is 0.409. The largest absolute Gasteiger partial charge is 0.450 e. The number of anilines is 1. The van der Waals surface area contributed by atoms with Gasteiger partial charge in [-0.2, -0.15) is 0 Å². The van der Waals surface area contributed by atoms with Crippen LogP contribution in [0.2, 0.25) is 0 Å². The second-order valence-electron chi connectivity index (χ2n) is 8.02. The molecule has 0 bridgehead atoms. The summed E-state index contributed by atoms with van der Waals surface area (Å²) in [5, 5.41) is 2.53. The maximum atomic E-state index is 14.7. The number of aromatic amines is 1. The summed E-state index contributed by atoms with van der Waals surface area (Å²) in [4.78, 5) is 30.3. The normalized spacial score (nSPS) is 14.9. The van der Waals surface area contributed by atoms with Gasteiger partial charge in [0.25, 0.3) is 0 Å². The summed E-state index contributed by atoms with van der Waals surface area (Å²) in [5.41, 5.74) is 9.38. The lowest BCUT2D eigenvalue weighted by atomic mass is 10.0. The molecule has 2 aromatic heterocycles. The van der Waals surface area contributed by atoms with Crippen LogP contribution in [-0.2, 0) is 9.47 Å². The molecule has 0 radical (unpaired) electrons. The van der Waals surface area contributed by atoms with Gasteiger partial charge in [-0.05, 0) is 36.8 Å². The number of imidazole rings is 1. The number of nitrogens with zero attached hydrogens (tertiary/aromatic N) is 4. The summed E-state index contributed by atoms with van der Waals surface area (Å²) < 4.78 is 25.0. The fraction of sp³-hybridized carbons (Fsp3) is 0.280. The Morgan fingerprint density at radius 2 is 2.22 bits per heavy atom. The predicted octanol–water partition coefficient (Wildman–Crippen LogP) is 3.55. The van der Waals surface area contributed by atoms with Crippen LogP contribution in [0.4, 0.5) is 15.1 Å². The van der Waals surface area contributed by atoms with Crippen molar-refractivity contribution in [2.45, 2.75) is 6.92 Å². The van der Waals surface area contributed by atoms with E-state index in [9.17, 15) is 9.18 Å². The lowest BCUT2D eigenvalue weighted by Crippen LogP contribution is -2.37. The van der Waals surface area contributed by atoms with Gasteiger partial charge in [-0.25, -0.2) is 14.2 Å². The number of morpholine rings is 1. The summed E-state index contributed by atoms with van der Waals surface area (Å²) in [7, 11) is 0. The van der Waals surface area contributed by atoms with Crippen molar-refractivity contribution < 1.29 is 18.7 Å². The molecule has 1 fully saturated rings. The van der Waals surface area contributed by atoms with Crippen molar-refractivity contribution in [3.63, 3.8) is 0 Å². The molecule has 0 unspecified atom stereocenters. The molecular formula is C25H28FN7O3. The third-order valence-corrected chi connectivity index (χ3v) is 5.51. The molecule has 36 heavy (non-hydrogen) atoms. The van der Waals surface area contributed by atoms with Gasteiger partial charge < -0.3 is 20.2 Å². The highest BCUT2D eigenvalue weighted by Gasteiger charge is 2.17. The lowest BCUT2D eigenvalue weighted by molar-refractivity contribution is 0.0422. The molecule has 10 nitrogen and oxygen atoms in total. The molecule has 4 rings (SSSR count). The Morgan fingerprint density at radius 3 is 2.94 bits per heavy atom. The van der Waals surface area contributed by atoms with Crippen LogP contribution in [0.5, 0.6) is 0 Å². The van der Waals surface area contributed by atoms with Crippen molar-refractivity contribution in [1.82, 2.24) is 19.9 Å². The van der Waals surface area contributed by atoms with Gasteiger partial charge in [-0.1, -0.05) is 6.58 Å². The third kappa shape index (κ3) is 5.93. The van der Waals surface area contributed by atoms with Crippen LogP contribution in [0.15, 0.2) is 53.9 Å². The van der Waals surface area contributed by atoms with Gasteiger partial charge in [0.2, 0.25) is 5.95 Å². The van der Waals surface area contributed by atoms with Crippen molar-refractivity contribution in [2.75, 3.05) is 44.8 Å². The van der Waals surface area contributed by atoms with Crippen LogP contribution in [0.3, 0.4) is 0 Å². The molecule has 11 heteroatoms. The maximum Gasteiger partial charge on any atom is 0.413 e. The fourth-order valence-corrected chi connectivity index (χ4v) is 3.81. The van der Waals surface area contributed by atoms with Crippen molar-refractivity contribution in [2.24, 2.45) is 10.7 Å². The highest BCUT2D eigenvalue weighted by Crippen LogP contribution is 2.32. The van der Waals surface area contributed by atoms with Gasteiger partial charge in [0, 0.05) is 55.1 Å². The molecule has 3 heterocycles. The minimum absolute atomic E-state index is 0.126. The van der Waals surface area contributed by atoms with Crippen LogP contribution in [0.1, 0.15) is 12.5 Å². The van der Waals surface area contributed by atoms with Gasteiger partial charge in [-0.15, -0.1) is 0 Å². The molecular weight excluding hydrogens is 465 g/mol. The molecule has 0 spiro atoms. The lowest BCUT2D eigenvalue weighted by Gasteiger charge is -2.26. The van der Waals surface area contributed by atoms with E-state index in [-0.39, 0.29) is 18.2 Å². The number of aromatic nitrogens is 3. The van der Waals surface area contributed by atoms with Crippen LogP contribution < -0.4 is 11.1 Å². The molecule has 188 valence electrons. The molecule has 0 saturated carbocycles. The SMILES string of the molecule is C=C(CN1CCOCC1)/N=C\C(=C/N)c1cc(-c2ncccc2F)c2[nH]c(NC(=O)OCC)nc2c1. The van der Waals surface area contributed by atoms with Crippen molar-refractivity contribution in [1.29, 1.82) is 0 Å². The van der Waals surface area contributed by atoms with Crippen LogP contribution in [0, 0.1) is 5.82 Å². The number of fused-ring (bicyclic) bond motifs is 1. The minimum Gasteiger partial charge on any atom is -0.450 e. The molecule has 1 aromatic carbocycles. The number of rotatable bonds is 8. The van der Waals surface area contributed by atoms with E-state index < -0.39 is 11.9 Å². The standard InChI is InChI=1S/C25H28FN7O3/c1-3-36-25(34)32-24-30-21-12-17(11-19(23(21)31-24)22-20(26)5-4-6-28-22)18(13-27)14-29-16(2)15-33-7-9-35-10-8-33/h4-6,11-14H,2-3,7-10,15,27H2,1H3,(H2,30,31,32,34)/b18-13+,29-14-. The number of carbonyl (C=O) groups excluding carboxylic acids is 1. The Kier molecular flexibility index (Phi) is 8.03. The van der Waals surface area contributed by atoms with Crippen molar-refractivity contribution in [3.05, 3.63) is 60.3 Å². The Labute approximate surface area is 207 Å². The molecule has 0 aliphatic carbocycles. The van der Waals surface area contributed by atoms with E-state index >= 15 is 0 Å². The zero-order valence-electron chi connectivity index (χ0n) is 20.0. The van der Waals surface area contributed by atoms with Crippen molar-refractivity contribution in [3.8, 4) is 11.3 Å². The number of amides is 1. The van der Waals surface area contributed by atoms with E-state index in [0.29, 0.717) is 53.2 Å². The number of benzene rings is 1. The first-order valence-electron chi connectivity index (χ1n) is 11.5. The van der Waals surface area contributed by atoms with E-state index in [1.54, 1.807) is 25.3 Å². The fourth-order valence-electron chi connectivity index (χ4n) is 3.81. The summed E-state index contributed by atoms with van der Waals surface area (Å²) >= 11 is 0. The number of H-pyrrole nitrogens is 1. The number of carbonyl (C=O) groups is 1. The third-order valence-electron chi connectivity index (χ3n) is 5.51. The molecule has 4 N–H and O–H groups in total. The van der Waals surface area contributed by atoms with Gasteiger partial charge in [0.15, 0.2) is 0 Å². The van der Waals surface area contributed by atoms with Crippen LogP contribution in [0.25, 0.3) is 27.9 Å². The highest BCUT2D eigenvalue weighted by atomic mass is 19.1. The maximum absolute atomic E-state index is 14.7. The first kappa shape index (κ1) is 25.0. The number of hydrogen-bond acceptors (Lipinski definition) is 8. The number of nitrogens with two attached hydrogens (primary N) is 1. The van der Waals surface area contributed by atoms with Crippen LogP contribution in [-0.4, -0.2) is 71.6 Å². The van der Waals surface area contributed by atoms with Gasteiger partial charge in [-0.3, -0.25) is 20.2 Å². The Hall–Kier alpha value is -4.09. The Bertz CT molecular complexity index is 1310. The molecule has 1 aliphatic rings. The number of hydrogen-bond donors (Lipinski definition) is 3. The number of ether oxygens (including phenoxy) is 2. The molecule has 1 amide bonds. The number of nitrogens with one attached hydrogen (secondary N) is 2. The molecule has 3 aromatic rings. The van der Waals surface area contributed by atoms with E-state index in [0.717, 1.165) is 13.1 Å². The van der Waals surface area contributed by atoms with Gasteiger partial charge in [0.05, 0.1) is 30.9 Å². The Morgan fingerprint density at radius 1 is 1.42 bits per heavy atom. The number of halogens is 1. The second-order valence-corrected chi connectivity index (χ2v) is 8.02. The average Bonchev–Trinajstić information content (AvgIpc) is 3.27. The minimum atomic E-state index is -0.657. The van der Waals surface area contributed by atoms with Crippen molar-refractivity contribution >= 4 is 34.9 Å². The first-order chi connectivity index (χ1) is 17.5. The topological polar surface area (TPSA) is 131 Å². The monoisotopic (exact) mass is 493 g/mol. The summed E-state index contributed by atoms with van der Waals surface area (Å²) in [5.74, 6) is -0.347. The highest BCUT2D eigenvalue weighted by molar-refractivity contribution is 6.12. The first-order valence-corrected chi connectivity index (χ1v) is 11.5. The Balaban J connectivity index is 1.68. The summed E-state index contributed by atoms with van der Waals surface area (Å²) in [6.45, 7) is 9.59. The number of allylic oxidation sites excluding steroid dienone is 1. The number of pyridine rings is 1. The molecule has 0 atom stereocenters. The summed E-state index contributed by atoms with van der Waals surface area (Å²) in [6.07, 6.45) is 3.88. The predicted molar refractivity (Wildman–Crippen MR) is 137 cm³/mol. The zero-order valence-corrected chi connectivity index (χ0v) is 20.0. The van der Waals surface area contributed by atoms with Crippen LogP contribution >= 0.6 is 0 Å². The van der Waals surface area contributed by atoms with Gasteiger partial charge in [0.1, 0.15) is 11.5 Å². The zero-order chi connectivity index (χ0) is 25.5. The average molecular weight is 494 g/mol. The second kappa shape index (κ2) is 11.6. The molecule has 1 aliphatic heterocycles.